The minimum Gasteiger partial charge on any atom is -0.353 e. The number of nitrogens with zero attached hydrogens (tertiary/aromatic N) is 8. The van der Waals surface area contributed by atoms with E-state index in [1.807, 2.05) is 18.2 Å². The van der Waals surface area contributed by atoms with Crippen LogP contribution in [0, 0.1) is 0 Å². The van der Waals surface area contributed by atoms with Crippen LogP contribution in [0.15, 0.2) is 29.4 Å². The first-order valence-corrected chi connectivity index (χ1v) is 11.7. The van der Waals surface area contributed by atoms with E-state index in [0.717, 1.165) is 61.8 Å². The summed E-state index contributed by atoms with van der Waals surface area (Å²) in [7, 11) is 2.13. The zero-order chi connectivity index (χ0) is 22.4. The zero-order valence-electron chi connectivity index (χ0n) is 18.7. The van der Waals surface area contributed by atoms with Gasteiger partial charge in [-0.15, -0.1) is 10.2 Å². The molecule has 1 aliphatic carbocycles. The first-order valence-electron chi connectivity index (χ1n) is 11.7. The van der Waals surface area contributed by atoms with Gasteiger partial charge in [-0.3, -0.25) is 4.79 Å². The number of hydrogen-bond acceptors (Lipinski definition) is 9. The topological polar surface area (TPSA) is 103 Å². The predicted octanol–water partition coefficient (Wildman–Crippen LogP) is 1.89. The number of hydrogen-bond donors (Lipinski definition) is 1. The maximum Gasteiger partial charge on any atom is 0.273 e. The largest absolute Gasteiger partial charge is 0.353 e. The standard InChI is InChI=1S/C23H27N9O/c1-30-10-12-31(13-11-30)19-7-6-18(28-29-19)26-23-25-14-17-16-8-9-24-22(33)20(16)32(21(17)27-23)15-4-2-3-5-15/h6-9,14-15,20H,2-5,10-13H2,1H3,(H,25,26,27,28). The van der Waals surface area contributed by atoms with Crippen LogP contribution in [-0.4, -0.2) is 82.5 Å². The van der Waals surface area contributed by atoms with E-state index in [4.69, 9.17) is 4.98 Å². The number of aromatic nitrogens is 4. The summed E-state index contributed by atoms with van der Waals surface area (Å²) in [6.45, 7) is 3.94. The molecule has 2 aromatic heterocycles. The molecule has 1 unspecified atom stereocenters. The van der Waals surface area contributed by atoms with Gasteiger partial charge in [-0.1, -0.05) is 12.8 Å². The van der Waals surface area contributed by atoms with Gasteiger partial charge in [0.05, 0.1) is 0 Å². The van der Waals surface area contributed by atoms with Crippen molar-refractivity contribution in [3.05, 3.63) is 30.0 Å². The minimum atomic E-state index is -0.389. The lowest BCUT2D eigenvalue weighted by atomic mass is 10.0. The third kappa shape index (κ3) is 3.64. The molecule has 0 aromatic carbocycles. The van der Waals surface area contributed by atoms with E-state index in [-0.39, 0.29) is 11.9 Å². The smallest absolute Gasteiger partial charge is 0.273 e. The number of piperazine rings is 1. The lowest BCUT2D eigenvalue weighted by molar-refractivity contribution is -0.118. The van der Waals surface area contributed by atoms with Crippen molar-refractivity contribution in [1.29, 1.82) is 0 Å². The van der Waals surface area contributed by atoms with Crippen LogP contribution in [0.4, 0.5) is 23.4 Å². The number of aliphatic imine (C=N–C) groups is 1. The van der Waals surface area contributed by atoms with Gasteiger partial charge in [0.1, 0.15) is 11.9 Å². The number of allylic oxidation sites excluding steroid dienone is 1. The lowest BCUT2D eigenvalue weighted by Crippen LogP contribution is -2.44. The highest BCUT2D eigenvalue weighted by atomic mass is 16.1. The fraction of sp³-hybridized carbons (Fsp3) is 0.478. The fourth-order valence-electron chi connectivity index (χ4n) is 5.22. The summed E-state index contributed by atoms with van der Waals surface area (Å²) in [4.78, 5) is 32.8. The molecule has 10 heteroatoms. The summed E-state index contributed by atoms with van der Waals surface area (Å²) in [6, 6.07) is 3.79. The van der Waals surface area contributed by atoms with E-state index in [1.165, 1.54) is 12.8 Å². The van der Waals surface area contributed by atoms with E-state index in [1.54, 1.807) is 12.4 Å². The second-order valence-corrected chi connectivity index (χ2v) is 9.11. The van der Waals surface area contributed by atoms with Crippen LogP contribution in [0.3, 0.4) is 0 Å². The maximum atomic E-state index is 12.7. The molecule has 0 spiro atoms. The second kappa shape index (κ2) is 8.18. The fourth-order valence-corrected chi connectivity index (χ4v) is 5.22. The molecule has 3 aliphatic heterocycles. The average Bonchev–Trinajstić information content (AvgIpc) is 3.47. The van der Waals surface area contributed by atoms with Crippen LogP contribution in [0.2, 0.25) is 0 Å². The Hall–Kier alpha value is -3.40. The van der Waals surface area contributed by atoms with E-state index < -0.39 is 0 Å². The summed E-state index contributed by atoms with van der Waals surface area (Å²) in [6.07, 6.45) is 9.77. The van der Waals surface area contributed by atoms with Crippen LogP contribution >= 0.6 is 0 Å². The molecule has 1 atom stereocenters. The zero-order valence-corrected chi connectivity index (χ0v) is 18.7. The first kappa shape index (κ1) is 20.2. The van der Waals surface area contributed by atoms with Crippen molar-refractivity contribution in [1.82, 2.24) is 25.1 Å². The third-order valence-corrected chi connectivity index (χ3v) is 7.02. The second-order valence-electron chi connectivity index (χ2n) is 9.11. The number of nitrogens with one attached hydrogen (secondary N) is 1. The average molecular weight is 446 g/mol. The molecule has 1 saturated carbocycles. The highest BCUT2D eigenvalue weighted by Gasteiger charge is 2.44. The van der Waals surface area contributed by atoms with Crippen molar-refractivity contribution >= 4 is 41.1 Å². The van der Waals surface area contributed by atoms with Gasteiger partial charge < -0.3 is 20.0 Å². The van der Waals surface area contributed by atoms with Gasteiger partial charge in [-0.25, -0.2) is 9.98 Å². The molecule has 1 saturated heterocycles. The molecule has 5 heterocycles. The van der Waals surface area contributed by atoms with Crippen LogP contribution < -0.4 is 15.1 Å². The van der Waals surface area contributed by atoms with Gasteiger partial charge in [0.2, 0.25) is 5.95 Å². The molecule has 6 rings (SSSR count). The minimum absolute atomic E-state index is 0.128. The summed E-state index contributed by atoms with van der Waals surface area (Å²) in [5.41, 5.74) is 1.85. The molecule has 10 nitrogen and oxygen atoms in total. The van der Waals surface area contributed by atoms with Gasteiger partial charge >= 0.3 is 0 Å². The molecular formula is C23H27N9O. The summed E-state index contributed by atoms with van der Waals surface area (Å²) in [5, 5.41) is 11.9. The van der Waals surface area contributed by atoms with E-state index >= 15 is 0 Å². The Morgan fingerprint density at radius 2 is 1.88 bits per heavy atom. The summed E-state index contributed by atoms with van der Waals surface area (Å²) >= 11 is 0. The van der Waals surface area contributed by atoms with Crippen molar-refractivity contribution in [3.63, 3.8) is 0 Å². The number of dihydropyridines is 1. The van der Waals surface area contributed by atoms with Crippen molar-refractivity contribution < 1.29 is 4.79 Å². The maximum absolute atomic E-state index is 12.7. The SMILES string of the molecule is CN1CCN(c2ccc(Nc3ncc4c(n3)N(C3CCCC3)C3C(=O)N=CC=C43)nn2)CC1. The number of carbonyl (C=O) groups excluding carboxylic acids is 1. The Labute approximate surface area is 192 Å². The van der Waals surface area contributed by atoms with Crippen LogP contribution in [0.25, 0.3) is 5.57 Å². The quantitative estimate of drug-likeness (QED) is 0.756. The number of anilines is 4. The molecule has 2 aromatic rings. The Balaban J connectivity index is 1.25. The molecule has 2 fully saturated rings. The van der Waals surface area contributed by atoms with Crippen LogP contribution in [0.1, 0.15) is 31.2 Å². The van der Waals surface area contributed by atoms with Gasteiger partial charge in [0.25, 0.3) is 5.91 Å². The molecule has 170 valence electrons. The first-order chi connectivity index (χ1) is 16.2. The van der Waals surface area contributed by atoms with E-state index in [0.29, 0.717) is 17.8 Å². The van der Waals surface area contributed by atoms with Gasteiger partial charge in [-0.2, -0.15) is 4.98 Å². The Morgan fingerprint density at radius 3 is 2.64 bits per heavy atom. The van der Waals surface area contributed by atoms with E-state index in [2.05, 4.69) is 47.2 Å². The van der Waals surface area contributed by atoms with Gasteiger partial charge in [0, 0.05) is 50.2 Å². The van der Waals surface area contributed by atoms with Gasteiger partial charge in [-0.05, 0) is 43.7 Å². The highest BCUT2D eigenvalue weighted by Crippen LogP contribution is 2.44. The molecule has 4 aliphatic rings. The summed E-state index contributed by atoms with van der Waals surface area (Å²) < 4.78 is 0. The third-order valence-electron chi connectivity index (χ3n) is 7.02. The lowest BCUT2D eigenvalue weighted by Gasteiger charge is -2.32. The van der Waals surface area contributed by atoms with Crippen molar-refractivity contribution in [3.8, 4) is 0 Å². The van der Waals surface area contributed by atoms with Gasteiger partial charge in [0.15, 0.2) is 11.6 Å². The monoisotopic (exact) mass is 445 g/mol. The van der Waals surface area contributed by atoms with Crippen molar-refractivity contribution in [2.45, 2.75) is 37.8 Å². The Bertz CT molecular complexity index is 1120. The molecule has 1 N–H and O–H groups in total. The number of fused-ring (bicyclic) bond motifs is 3. The normalized spacial score (nSPS) is 23.0. The van der Waals surface area contributed by atoms with E-state index in [9.17, 15) is 4.79 Å². The van der Waals surface area contributed by atoms with Crippen molar-refractivity contribution in [2.24, 2.45) is 4.99 Å². The Morgan fingerprint density at radius 1 is 1.06 bits per heavy atom. The van der Waals surface area contributed by atoms with Crippen molar-refractivity contribution in [2.75, 3.05) is 48.3 Å². The Kier molecular flexibility index (Phi) is 5.01. The number of likely N-dealkylation sites (N-methyl/N-ethyl adjacent to an activating group) is 1. The molecule has 0 radical (unpaired) electrons. The highest BCUT2D eigenvalue weighted by molar-refractivity contribution is 6.13. The number of amides is 1. The molecule has 0 bridgehead atoms. The number of rotatable bonds is 4. The number of carbonyl (C=O) groups is 1. The van der Waals surface area contributed by atoms with Crippen LogP contribution in [0.5, 0.6) is 0 Å². The predicted molar refractivity (Wildman–Crippen MR) is 127 cm³/mol. The summed E-state index contributed by atoms with van der Waals surface area (Å²) in [5.74, 6) is 2.60. The molecular weight excluding hydrogens is 418 g/mol. The molecule has 1 amide bonds. The van der Waals surface area contributed by atoms with Crippen LogP contribution in [-0.2, 0) is 4.79 Å². The molecule has 33 heavy (non-hydrogen) atoms.